The van der Waals surface area contributed by atoms with Gasteiger partial charge in [-0.15, -0.1) is 0 Å². The highest BCUT2D eigenvalue weighted by Gasteiger charge is 2.14. The molecule has 3 aromatic carbocycles. The molecule has 0 aliphatic heterocycles. The maximum Gasteiger partial charge on any atom is 0.171 e. The number of imidazole rings is 1. The van der Waals surface area contributed by atoms with E-state index in [-0.39, 0.29) is 0 Å². The van der Waals surface area contributed by atoms with E-state index in [2.05, 4.69) is 85.6 Å². The molecule has 2 nitrogen and oxygen atoms in total. The minimum absolute atomic E-state index is 0.910. The van der Waals surface area contributed by atoms with Crippen molar-refractivity contribution in [2.75, 3.05) is 0 Å². The van der Waals surface area contributed by atoms with Gasteiger partial charge in [-0.3, -0.25) is 0 Å². The van der Waals surface area contributed by atoms with E-state index in [1.165, 1.54) is 16.0 Å². The van der Waals surface area contributed by atoms with Crippen molar-refractivity contribution in [1.82, 2.24) is 9.97 Å². The van der Waals surface area contributed by atoms with Crippen LogP contribution >= 0.6 is 11.8 Å². The average Bonchev–Trinajstić information content (AvgIpc) is 3.06. The van der Waals surface area contributed by atoms with Gasteiger partial charge in [0.15, 0.2) is 5.16 Å². The Balaban J connectivity index is 1.78. The second kappa shape index (κ2) is 7.22. The summed E-state index contributed by atoms with van der Waals surface area (Å²) in [5.41, 5.74) is 6.85. The van der Waals surface area contributed by atoms with Crippen molar-refractivity contribution in [2.24, 2.45) is 0 Å². The number of hydrogen-bond acceptors (Lipinski definition) is 2. The number of nitrogens with one attached hydrogen (secondary N) is 1. The number of aromatic nitrogens is 2. The fraction of sp³-hybridized carbons (Fsp3) is 0.0870. The normalized spacial score (nSPS) is 10.8. The Morgan fingerprint density at radius 1 is 0.731 bits per heavy atom. The third kappa shape index (κ3) is 3.58. The first-order chi connectivity index (χ1) is 12.7. The number of aromatic amines is 1. The first-order valence-electron chi connectivity index (χ1n) is 8.66. The molecule has 0 aliphatic rings. The smallest absolute Gasteiger partial charge is 0.171 e. The van der Waals surface area contributed by atoms with Crippen LogP contribution in [-0.2, 0) is 0 Å². The minimum Gasteiger partial charge on any atom is -0.332 e. The van der Waals surface area contributed by atoms with E-state index >= 15 is 0 Å². The summed E-state index contributed by atoms with van der Waals surface area (Å²) in [6.45, 7) is 4.26. The Bertz CT molecular complexity index is 944. The molecule has 0 fully saturated rings. The lowest BCUT2D eigenvalue weighted by Gasteiger charge is -2.02. The van der Waals surface area contributed by atoms with Gasteiger partial charge in [-0.1, -0.05) is 78.5 Å². The van der Waals surface area contributed by atoms with Crippen LogP contribution in [0.2, 0.25) is 0 Å². The lowest BCUT2D eigenvalue weighted by Crippen LogP contribution is -1.82. The summed E-state index contributed by atoms with van der Waals surface area (Å²) in [4.78, 5) is 9.66. The van der Waals surface area contributed by atoms with Gasteiger partial charge >= 0.3 is 0 Å². The standard InChI is InChI=1S/C23H20N2S/c1-16-13-17(2)15-20(14-16)26-23-24-21(18-9-5-3-6-10-18)22(25-23)19-11-7-4-8-12-19/h3-15H,1-2H3,(H,24,25). The Morgan fingerprint density at radius 2 is 1.31 bits per heavy atom. The average molecular weight is 356 g/mol. The van der Waals surface area contributed by atoms with E-state index in [4.69, 9.17) is 4.98 Å². The topological polar surface area (TPSA) is 28.7 Å². The van der Waals surface area contributed by atoms with Crippen molar-refractivity contribution in [1.29, 1.82) is 0 Å². The van der Waals surface area contributed by atoms with Crippen LogP contribution in [0.15, 0.2) is 88.9 Å². The summed E-state index contributed by atoms with van der Waals surface area (Å²) in [5, 5.41) is 0.910. The Labute approximate surface area is 158 Å². The third-order valence-corrected chi connectivity index (χ3v) is 5.06. The number of H-pyrrole nitrogens is 1. The molecule has 1 heterocycles. The molecule has 0 atom stereocenters. The molecule has 128 valence electrons. The number of hydrogen-bond donors (Lipinski definition) is 1. The van der Waals surface area contributed by atoms with Crippen LogP contribution in [0.4, 0.5) is 0 Å². The van der Waals surface area contributed by atoms with Gasteiger partial charge in [0.05, 0.1) is 11.4 Å². The summed E-state index contributed by atoms with van der Waals surface area (Å²) in [7, 11) is 0. The molecule has 4 aromatic rings. The van der Waals surface area contributed by atoms with Gasteiger partial charge in [-0.25, -0.2) is 4.98 Å². The number of aryl methyl sites for hydroxylation is 2. The predicted molar refractivity (Wildman–Crippen MR) is 109 cm³/mol. The first-order valence-corrected chi connectivity index (χ1v) is 9.48. The molecule has 1 aromatic heterocycles. The first kappa shape index (κ1) is 16.7. The minimum atomic E-state index is 0.910. The Kier molecular flexibility index (Phi) is 4.63. The van der Waals surface area contributed by atoms with Gasteiger partial charge in [-0.2, -0.15) is 0 Å². The third-order valence-electron chi connectivity index (χ3n) is 4.20. The highest BCUT2D eigenvalue weighted by atomic mass is 32.2. The lowest BCUT2D eigenvalue weighted by molar-refractivity contribution is 1.06. The van der Waals surface area contributed by atoms with Crippen molar-refractivity contribution in [3.8, 4) is 22.5 Å². The van der Waals surface area contributed by atoms with Gasteiger partial charge in [0.1, 0.15) is 0 Å². The van der Waals surface area contributed by atoms with E-state index in [0.29, 0.717) is 0 Å². The zero-order chi connectivity index (χ0) is 17.9. The summed E-state index contributed by atoms with van der Waals surface area (Å²) >= 11 is 1.67. The van der Waals surface area contributed by atoms with Crippen molar-refractivity contribution in [3.63, 3.8) is 0 Å². The molecule has 3 heteroatoms. The van der Waals surface area contributed by atoms with E-state index in [1.54, 1.807) is 11.8 Å². The zero-order valence-electron chi connectivity index (χ0n) is 14.9. The lowest BCUT2D eigenvalue weighted by atomic mass is 10.1. The fourth-order valence-corrected chi connectivity index (χ4v) is 4.12. The van der Waals surface area contributed by atoms with Crippen LogP contribution in [0, 0.1) is 13.8 Å². The van der Waals surface area contributed by atoms with Crippen LogP contribution in [0.3, 0.4) is 0 Å². The van der Waals surface area contributed by atoms with E-state index in [9.17, 15) is 0 Å². The van der Waals surface area contributed by atoms with Gasteiger partial charge in [0.2, 0.25) is 0 Å². The Hall–Kier alpha value is -2.78. The molecule has 0 saturated carbocycles. The molecule has 1 N–H and O–H groups in total. The van der Waals surface area contributed by atoms with Crippen LogP contribution in [-0.4, -0.2) is 9.97 Å². The molecule has 0 saturated heterocycles. The summed E-state index contributed by atoms with van der Waals surface area (Å²) in [6.07, 6.45) is 0. The number of benzene rings is 3. The van der Waals surface area contributed by atoms with Gasteiger partial charge in [0.25, 0.3) is 0 Å². The van der Waals surface area contributed by atoms with E-state index in [0.717, 1.165) is 27.7 Å². The molecule has 0 aliphatic carbocycles. The van der Waals surface area contributed by atoms with Crippen molar-refractivity contribution in [2.45, 2.75) is 23.9 Å². The van der Waals surface area contributed by atoms with Gasteiger partial charge in [0, 0.05) is 16.0 Å². The summed E-state index contributed by atoms with van der Waals surface area (Å²) in [6, 6.07) is 27.3. The van der Waals surface area contributed by atoms with E-state index < -0.39 is 0 Å². The Morgan fingerprint density at radius 3 is 1.92 bits per heavy atom. The van der Waals surface area contributed by atoms with Crippen molar-refractivity contribution < 1.29 is 0 Å². The van der Waals surface area contributed by atoms with Crippen LogP contribution in [0.1, 0.15) is 11.1 Å². The number of nitrogens with zero attached hydrogens (tertiary/aromatic N) is 1. The van der Waals surface area contributed by atoms with Crippen LogP contribution in [0.25, 0.3) is 22.5 Å². The van der Waals surface area contributed by atoms with Gasteiger partial charge < -0.3 is 4.98 Å². The van der Waals surface area contributed by atoms with Gasteiger partial charge in [-0.05, 0) is 37.1 Å². The summed E-state index contributed by atoms with van der Waals surface area (Å²) < 4.78 is 0. The van der Waals surface area contributed by atoms with Crippen molar-refractivity contribution in [3.05, 3.63) is 90.0 Å². The highest BCUT2D eigenvalue weighted by Crippen LogP contribution is 2.35. The molecule has 0 radical (unpaired) electrons. The molecule has 0 bridgehead atoms. The molecular formula is C23H20N2S. The van der Waals surface area contributed by atoms with Crippen LogP contribution in [0.5, 0.6) is 0 Å². The fourth-order valence-electron chi connectivity index (χ4n) is 3.12. The summed E-state index contributed by atoms with van der Waals surface area (Å²) in [5.74, 6) is 0. The zero-order valence-corrected chi connectivity index (χ0v) is 15.7. The predicted octanol–water partition coefficient (Wildman–Crippen LogP) is 6.51. The highest BCUT2D eigenvalue weighted by molar-refractivity contribution is 7.99. The van der Waals surface area contributed by atoms with Crippen LogP contribution < -0.4 is 0 Å². The largest absolute Gasteiger partial charge is 0.332 e. The molecular weight excluding hydrogens is 336 g/mol. The molecule has 26 heavy (non-hydrogen) atoms. The number of rotatable bonds is 4. The molecule has 0 amide bonds. The second-order valence-corrected chi connectivity index (χ2v) is 7.49. The monoisotopic (exact) mass is 356 g/mol. The maximum atomic E-state index is 4.92. The quantitative estimate of drug-likeness (QED) is 0.451. The molecule has 4 rings (SSSR count). The maximum absolute atomic E-state index is 4.92. The SMILES string of the molecule is Cc1cc(C)cc(Sc2nc(-c3ccccc3)c(-c3ccccc3)[nH]2)c1. The molecule has 0 spiro atoms. The van der Waals surface area contributed by atoms with Crippen molar-refractivity contribution >= 4 is 11.8 Å². The molecule has 0 unspecified atom stereocenters. The second-order valence-electron chi connectivity index (χ2n) is 6.42. The van der Waals surface area contributed by atoms with E-state index in [1.807, 2.05) is 12.1 Å².